The Morgan fingerprint density at radius 1 is 0.437 bits per heavy atom. The molecule has 1 atom stereocenters. The summed E-state index contributed by atoms with van der Waals surface area (Å²) in [6.45, 7) is 0.891. The molecule has 71 heavy (non-hydrogen) atoms. The molecule has 414 valence electrons. The number of nitrogens with one attached hydrogen (secondary N) is 1. The Labute approximate surface area is 363 Å². The van der Waals surface area contributed by atoms with E-state index in [0.29, 0.717) is 0 Å². The van der Waals surface area contributed by atoms with Gasteiger partial charge in [0.15, 0.2) is 0 Å². The van der Waals surface area contributed by atoms with E-state index in [4.69, 9.17) is 0 Å². The quantitative estimate of drug-likeness (QED) is 0.0758. The first kappa shape index (κ1) is 64.5. The van der Waals surface area contributed by atoms with Crippen LogP contribution in [0.3, 0.4) is 0 Å². The molecule has 0 aliphatic heterocycles. The predicted molar refractivity (Wildman–Crippen MR) is 151 cm³/mol. The zero-order valence-corrected chi connectivity index (χ0v) is 32.3. The van der Waals surface area contributed by atoms with Crippen LogP contribution in [0.15, 0.2) is 23.2 Å². The van der Waals surface area contributed by atoms with Gasteiger partial charge in [0.05, 0.1) is 11.3 Å². The maximum Gasteiger partial charge on any atom is 0.460 e. The molecule has 0 bridgehead atoms. The third-order valence-electron chi connectivity index (χ3n) is 9.31. The van der Waals surface area contributed by atoms with E-state index in [1.54, 1.807) is 0 Å². The van der Waals surface area contributed by atoms with E-state index < -0.39 is 136 Å². The predicted octanol–water partition coefficient (Wildman–Crippen LogP) is 13.8. The van der Waals surface area contributed by atoms with Gasteiger partial charge in [-0.05, 0) is 25.5 Å². The van der Waals surface area contributed by atoms with Crippen LogP contribution in [0.25, 0.3) is 0 Å². The van der Waals surface area contributed by atoms with E-state index in [1.165, 1.54) is 5.32 Å². The van der Waals surface area contributed by atoms with Gasteiger partial charge in [-0.25, -0.2) is 4.79 Å². The number of halogens is 37. The molecule has 0 aliphatic rings. The van der Waals surface area contributed by atoms with Crippen LogP contribution in [-0.4, -0.2) is 125 Å². The molecule has 1 aromatic rings. The van der Waals surface area contributed by atoms with Gasteiger partial charge in [0.25, 0.3) is 5.91 Å². The van der Waals surface area contributed by atoms with Crippen molar-refractivity contribution in [3.8, 4) is 0 Å². The maximum absolute atomic E-state index is 14.5. The second-order valence-electron chi connectivity index (χ2n) is 14.1. The van der Waals surface area contributed by atoms with Crippen molar-refractivity contribution in [2.24, 2.45) is 4.99 Å². The van der Waals surface area contributed by atoms with Crippen LogP contribution in [0.2, 0.25) is 0 Å². The van der Waals surface area contributed by atoms with Gasteiger partial charge >= 0.3 is 107 Å². The molecule has 1 N–H and O–H groups in total. The summed E-state index contributed by atoms with van der Waals surface area (Å²) in [7, 11) is 0. The molecule has 1 amide bonds. The molecular formula is C30H13F37N2O2. The van der Waals surface area contributed by atoms with Gasteiger partial charge in [0, 0.05) is 12.5 Å². The van der Waals surface area contributed by atoms with E-state index in [2.05, 4.69) is 4.99 Å². The van der Waals surface area contributed by atoms with Crippen molar-refractivity contribution in [1.82, 2.24) is 5.32 Å². The molecule has 0 spiro atoms. The number of aliphatic imine (C=N–C) groups is 1. The minimum atomic E-state index is -10.5. The van der Waals surface area contributed by atoms with Crippen LogP contribution in [0.1, 0.15) is 29.3 Å². The van der Waals surface area contributed by atoms with Gasteiger partial charge < -0.3 is 5.32 Å². The number of nitrogens with zero attached hydrogens (tertiary/aromatic N) is 1. The lowest BCUT2D eigenvalue weighted by molar-refractivity contribution is -0.493. The Hall–Kier alpha value is -4.52. The molecule has 1 aromatic carbocycles. The zero-order valence-electron chi connectivity index (χ0n) is 32.3. The number of carbonyl (C=O) groups excluding carboxylic acids is 2. The Balaban J connectivity index is 3.97. The van der Waals surface area contributed by atoms with E-state index >= 15 is 0 Å². The molecule has 0 aliphatic carbocycles. The summed E-state index contributed by atoms with van der Waals surface area (Å²) in [5.41, 5.74) is -2.07. The number of hydrogen-bond donors (Lipinski definition) is 1. The molecule has 0 saturated heterocycles. The monoisotopic (exact) mass is 1140 g/mol. The lowest BCUT2D eigenvalue weighted by Crippen LogP contribution is -2.80. The van der Waals surface area contributed by atoms with Crippen LogP contribution in [0.5, 0.6) is 0 Å². The number of amides is 1. The SMILES string of the molecule is Cc1cccc(N=C=O)c1C(=O)NC(C)CC(F)(F)C(F)(F)C(F)(F)C(F)(F)C(F)(F)C(F)(F)C(F)(F)C(F)(F)C(F)(F)C(F)(F)C(F)(F)C(F)(F)C(F)(F)C(F)(F)C(F)(F)C(F)(F)C(F)(F)C(F)(F)F. The standard InChI is InChI=1S/C30H13F37N2O2/c1-8-4-3-5-10(68-7-70)11(8)12(71)69-9(2)6-13(31,32)14(33,34)15(35,36)16(37,38)17(39,40)18(41,42)19(43,44)20(45,46)21(47,48)22(49,50)23(51,52)24(53,54)25(55,56)26(57,58)27(59,60)28(61,62)29(63,64)30(65,66)67/h3-5,9H,6H2,1-2H3,(H,69,71). The Morgan fingerprint density at radius 2 is 0.676 bits per heavy atom. The number of rotatable bonds is 21. The van der Waals surface area contributed by atoms with Gasteiger partial charge in [-0.2, -0.15) is 167 Å². The lowest BCUT2D eigenvalue weighted by atomic mass is 9.82. The molecular weight excluding hydrogens is 1120 g/mol. The molecule has 0 heterocycles. The first-order chi connectivity index (χ1) is 30.5. The number of alkyl halides is 37. The van der Waals surface area contributed by atoms with E-state index in [0.717, 1.165) is 31.2 Å². The third kappa shape index (κ3) is 8.28. The summed E-state index contributed by atoms with van der Waals surface area (Å²) < 4.78 is 514. The summed E-state index contributed by atoms with van der Waals surface area (Å²) in [5.74, 6) is -169. The van der Waals surface area contributed by atoms with Gasteiger partial charge in [-0.1, -0.05) is 12.1 Å². The van der Waals surface area contributed by atoms with Gasteiger partial charge in [0.2, 0.25) is 6.08 Å². The highest BCUT2D eigenvalue weighted by Gasteiger charge is 3.02. The van der Waals surface area contributed by atoms with Crippen LogP contribution < -0.4 is 5.32 Å². The largest absolute Gasteiger partial charge is 0.460 e. The number of carbonyl (C=O) groups is 1. The van der Waals surface area contributed by atoms with Crippen LogP contribution >= 0.6 is 0 Å². The fraction of sp³-hybridized carbons (Fsp3) is 0.733. The first-order valence-electron chi connectivity index (χ1n) is 16.5. The third-order valence-corrected chi connectivity index (χ3v) is 9.31. The minimum Gasteiger partial charge on any atom is -0.349 e. The van der Waals surface area contributed by atoms with Crippen molar-refractivity contribution in [2.75, 3.05) is 0 Å². The number of isocyanates is 1. The molecule has 41 heteroatoms. The van der Waals surface area contributed by atoms with Crippen molar-refractivity contribution in [1.29, 1.82) is 0 Å². The first-order valence-corrected chi connectivity index (χ1v) is 16.5. The van der Waals surface area contributed by atoms with E-state index in [-0.39, 0.29) is 12.5 Å². The fourth-order valence-corrected chi connectivity index (χ4v) is 5.12. The summed E-state index contributed by atoms with van der Waals surface area (Å²) in [5, 5.41) is 1.17. The molecule has 0 radical (unpaired) electrons. The van der Waals surface area contributed by atoms with Gasteiger partial charge in [-0.3, -0.25) is 4.79 Å². The Kier molecular flexibility index (Phi) is 15.7. The Bertz CT molecular complexity index is 2180. The van der Waals surface area contributed by atoms with Crippen LogP contribution in [0.4, 0.5) is 168 Å². The molecule has 0 saturated carbocycles. The highest BCUT2D eigenvalue weighted by atomic mass is 19.4. The fourth-order valence-electron chi connectivity index (χ4n) is 5.12. The minimum absolute atomic E-state index is 0.0276. The van der Waals surface area contributed by atoms with Crippen molar-refractivity contribution in [3.05, 3.63) is 29.3 Å². The van der Waals surface area contributed by atoms with E-state index in [1.807, 2.05) is 0 Å². The number of benzene rings is 1. The molecule has 1 rings (SSSR count). The zero-order chi connectivity index (χ0) is 57.8. The Morgan fingerprint density at radius 3 is 0.915 bits per heavy atom. The average molecular weight is 1140 g/mol. The number of hydrogen-bond acceptors (Lipinski definition) is 3. The highest BCUT2D eigenvalue weighted by molar-refractivity contribution is 6.00. The summed E-state index contributed by atoms with van der Waals surface area (Å²) in [6, 6.07) is -0.351. The summed E-state index contributed by atoms with van der Waals surface area (Å²) in [4.78, 5) is 25.9. The van der Waals surface area contributed by atoms with Crippen LogP contribution in [-0.2, 0) is 4.79 Å². The van der Waals surface area contributed by atoms with Crippen molar-refractivity contribution < 1.29 is 172 Å². The van der Waals surface area contributed by atoms with E-state index in [9.17, 15) is 172 Å². The summed E-state index contributed by atoms with van der Waals surface area (Å²) >= 11 is 0. The summed E-state index contributed by atoms with van der Waals surface area (Å²) in [6.07, 6.45) is -11.1. The average Bonchev–Trinajstić information content (AvgIpc) is 3.15. The second kappa shape index (κ2) is 17.3. The number of aryl methyl sites for hydroxylation is 1. The second-order valence-corrected chi connectivity index (χ2v) is 14.1. The topological polar surface area (TPSA) is 58.5 Å². The molecule has 1 unspecified atom stereocenters. The van der Waals surface area contributed by atoms with Gasteiger partial charge in [-0.15, -0.1) is 0 Å². The van der Waals surface area contributed by atoms with Crippen molar-refractivity contribution in [2.45, 2.75) is 133 Å². The molecule has 0 aromatic heterocycles. The molecule has 0 fully saturated rings. The maximum atomic E-state index is 14.5. The van der Waals surface area contributed by atoms with Gasteiger partial charge in [0.1, 0.15) is 0 Å². The van der Waals surface area contributed by atoms with Crippen molar-refractivity contribution >= 4 is 17.7 Å². The van der Waals surface area contributed by atoms with Crippen LogP contribution in [0, 0.1) is 6.92 Å². The van der Waals surface area contributed by atoms with Crippen molar-refractivity contribution in [3.63, 3.8) is 0 Å². The normalized spacial score (nSPS) is 16.4. The highest BCUT2D eigenvalue weighted by Crippen LogP contribution is 2.71. The lowest BCUT2D eigenvalue weighted by Gasteiger charge is -2.47. The molecule has 4 nitrogen and oxygen atoms in total. The smallest absolute Gasteiger partial charge is 0.349 e.